The molecule has 0 atom stereocenters. The molecule has 0 bridgehead atoms. The van der Waals surface area contributed by atoms with Crippen LogP contribution in [0.5, 0.6) is 0 Å². The summed E-state index contributed by atoms with van der Waals surface area (Å²) in [5, 5.41) is 4.41. The fourth-order valence-corrected chi connectivity index (χ4v) is 3.09. The average molecular weight is 396 g/mol. The highest BCUT2D eigenvalue weighted by molar-refractivity contribution is 6.36. The number of rotatable bonds is 9. The molecule has 4 nitrogen and oxygen atoms in total. The first kappa shape index (κ1) is 20.6. The molecule has 0 radical (unpaired) electrons. The first-order chi connectivity index (χ1) is 12.6. The zero-order chi connectivity index (χ0) is 18.9. The number of aryl methyl sites for hydroxylation is 1. The maximum absolute atomic E-state index is 11.9. The summed E-state index contributed by atoms with van der Waals surface area (Å²) >= 11 is 12.8. The molecule has 1 N–H and O–H groups in total. The summed E-state index contributed by atoms with van der Waals surface area (Å²) in [5.74, 6) is -0.308. The van der Waals surface area contributed by atoms with Crippen molar-refractivity contribution >= 4 is 34.9 Å². The number of hydrogen-bond donors (Lipinski definition) is 1. The molecule has 140 valence electrons. The van der Waals surface area contributed by atoms with Gasteiger partial charge in [-0.1, -0.05) is 48.3 Å². The van der Waals surface area contributed by atoms with Crippen molar-refractivity contribution in [2.75, 3.05) is 32.2 Å². The quantitative estimate of drug-likeness (QED) is 0.467. The molecule has 26 heavy (non-hydrogen) atoms. The lowest BCUT2D eigenvalue weighted by atomic mass is 10.0. The summed E-state index contributed by atoms with van der Waals surface area (Å²) in [6, 6.07) is 11.4. The van der Waals surface area contributed by atoms with Gasteiger partial charge in [0.25, 0.3) is 0 Å². The van der Waals surface area contributed by atoms with Crippen LogP contribution in [-0.2, 0) is 20.7 Å². The average Bonchev–Trinajstić information content (AvgIpc) is 2.64. The Morgan fingerprint density at radius 1 is 1.08 bits per heavy atom. The van der Waals surface area contributed by atoms with Gasteiger partial charge in [-0.3, -0.25) is 4.79 Å². The molecule has 6 heteroatoms. The zero-order valence-electron chi connectivity index (χ0n) is 15.0. The Hall–Kier alpha value is -1.75. The van der Waals surface area contributed by atoms with Gasteiger partial charge >= 0.3 is 5.97 Å². The summed E-state index contributed by atoms with van der Waals surface area (Å²) in [5.41, 5.74) is 3.55. The van der Waals surface area contributed by atoms with E-state index < -0.39 is 0 Å². The van der Waals surface area contributed by atoms with E-state index >= 15 is 0 Å². The van der Waals surface area contributed by atoms with Gasteiger partial charge in [-0.2, -0.15) is 0 Å². The topological polar surface area (TPSA) is 47.6 Å². The maximum Gasteiger partial charge on any atom is 0.325 e. The number of esters is 1. The van der Waals surface area contributed by atoms with Gasteiger partial charge in [0.1, 0.15) is 6.54 Å². The second-order valence-electron chi connectivity index (χ2n) is 5.74. The summed E-state index contributed by atoms with van der Waals surface area (Å²) in [6.07, 6.45) is 1.47. The van der Waals surface area contributed by atoms with E-state index in [-0.39, 0.29) is 12.5 Å². The van der Waals surface area contributed by atoms with Crippen molar-refractivity contribution < 1.29 is 14.3 Å². The van der Waals surface area contributed by atoms with E-state index in [1.165, 1.54) is 0 Å². The number of halogens is 2. The third kappa shape index (κ3) is 5.63. The van der Waals surface area contributed by atoms with Crippen LogP contribution in [0.25, 0.3) is 11.1 Å². The smallest absolute Gasteiger partial charge is 0.325 e. The number of carbonyl (C=O) groups is 1. The van der Waals surface area contributed by atoms with Crippen molar-refractivity contribution in [3.8, 4) is 11.1 Å². The minimum Gasteiger partial charge on any atom is -0.464 e. The van der Waals surface area contributed by atoms with Gasteiger partial charge in [-0.25, -0.2) is 0 Å². The molecule has 0 saturated heterocycles. The second-order valence-corrected chi connectivity index (χ2v) is 6.56. The summed E-state index contributed by atoms with van der Waals surface area (Å²) in [4.78, 5) is 11.9. The molecule has 0 aliphatic rings. The number of methoxy groups -OCH3 is 1. The molecular weight excluding hydrogens is 373 g/mol. The number of ether oxygens (including phenoxy) is 2. The molecule has 0 saturated carbocycles. The predicted octanol–water partition coefficient (Wildman–Crippen LogP) is 5.21. The van der Waals surface area contributed by atoms with E-state index in [0.717, 1.165) is 28.8 Å². The zero-order valence-corrected chi connectivity index (χ0v) is 16.5. The lowest BCUT2D eigenvalue weighted by molar-refractivity contribution is -0.141. The van der Waals surface area contributed by atoms with Crippen LogP contribution < -0.4 is 5.32 Å². The van der Waals surface area contributed by atoms with Crippen LogP contribution in [0.2, 0.25) is 10.0 Å². The molecule has 0 unspecified atom stereocenters. The van der Waals surface area contributed by atoms with E-state index in [1.54, 1.807) is 7.11 Å². The Balaban J connectivity index is 2.13. The molecule has 0 aromatic heterocycles. The third-order valence-electron chi connectivity index (χ3n) is 3.92. The molecule has 0 fully saturated rings. The molecule has 2 aromatic carbocycles. The van der Waals surface area contributed by atoms with Crippen LogP contribution in [-0.4, -0.2) is 32.8 Å². The van der Waals surface area contributed by atoms with Crippen LogP contribution in [0.1, 0.15) is 18.9 Å². The SMILES string of the molecule is CCc1cc(Cl)c(-c2ccccc2Cl)cc1NCC(=O)OCCCOC. The number of anilines is 1. The second kappa shape index (κ2) is 10.4. The van der Waals surface area contributed by atoms with Gasteiger partial charge in [-0.05, 0) is 30.2 Å². The van der Waals surface area contributed by atoms with Gasteiger partial charge in [0.2, 0.25) is 0 Å². The van der Waals surface area contributed by atoms with Crippen molar-refractivity contribution in [1.29, 1.82) is 0 Å². The summed E-state index contributed by atoms with van der Waals surface area (Å²) in [6.45, 7) is 3.04. The Morgan fingerprint density at radius 2 is 1.85 bits per heavy atom. The van der Waals surface area contributed by atoms with Gasteiger partial charge in [0.15, 0.2) is 0 Å². The molecule has 0 spiro atoms. The van der Waals surface area contributed by atoms with Crippen LogP contribution in [0.15, 0.2) is 36.4 Å². The third-order valence-corrected chi connectivity index (χ3v) is 4.56. The minimum atomic E-state index is -0.308. The van der Waals surface area contributed by atoms with Crippen molar-refractivity contribution in [2.45, 2.75) is 19.8 Å². The first-order valence-electron chi connectivity index (χ1n) is 8.52. The van der Waals surface area contributed by atoms with E-state index in [2.05, 4.69) is 5.32 Å². The van der Waals surface area contributed by atoms with Crippen molar-refractivity contribution in [3.05, 3.63) is 52.0 Å². The predicted molar refractivity (Wildman–Crippen MR) is 107 cm³/mol. The van der Waals surface area contributed by atoms with Gasteiger partial charge in [0, 0.05) is 47.0 Å². The van der Waals surface area contributed by atoms with E-state index in [0.29, 0.717) is 29.7 Å². The number of carbonyl (C=O) groups excluding carboxylic acids is 1. The van der Waals surface area contributed by atoms with Crippen molar-refractivity contribution in [3.63, 3.8) is 0 Å². The number of hydrogen-bond acceptors (Lipinski definition) is 4. The molecule has 0 heterocycles. The molecule has 2 aromatic rings. The van der Waals surface area contributed by atoms with E-state index in [4.69, 9.17) is 32.7 Å². The monoisotopic (exact) mass is 395 g/mol. The maximum atomic E-state index is 11.9. The van der Waals surface area contributed by atoms with Crippen LogP contribution in [0, 0.1) is 0 Å². The highest BCUT2D eigenvalue weighted by Crippen LogP contribution is 2.36. The molecule has 0 aliphatic heterocycles. The van der Waals surface area contributed by atoms with Gasteiger partial charge in [0.05, 0.1) is 6.61 Å². The Labute approximate surface area is 164 Å². The largest absolute Gasteiger partial charge is 0.464 e. The normalized spacial score (nSPS) is 10.6. The van der Waals surface area contributed by atoms with E-state index in [9.17, 15) is 4.79 Å². The molecular formula is C20H23Cl2NO3. The highest BCUT2D eigenvalue weighted by Gasteiger charge is 2.13. The minimum absolute atomic E-state index is 0.0869. The van der Waals surface area contributed by atoms with Crippen LogP contribution in [0.3, 0.4) is 0 Å². The van der Waals surface area contributed by atoms with Crippen molar-refractivity contribution in [2.24, 2.45) is 0 Å². The highest BCUT2D eigenvalue weighted by atomic mass is 35.5. The Kier molecular flexibility index (Phi) is 8.23. The van der Waals surface area contributed by atoms with Crippen LogP contribution in [0.4, 0.5) is 5.69 Å². The lowest BCUT2D eigenvalue weighted by Crippen LogP contribution is -2.18. The first-order valence-corrected chi connectivity index (χ1v) is 9.28. The summed E-state index contributed by atoms with van der Waals surface area (Å²) in [7, 11) is 1.62. The lowest BCUT2D eigenvalue weighted by Gasteiger charge is -2.15. The van der Waals surface area contributed by atoms with Gasteiger partial charge in [-0.15, -0.1) is 0 Å². The fourth-order valence-electron chi connectivity index (χ4n) is 2.57. The fraction of sp³-hybridized carbons (Fsp3) is 0.350. The Morgan fingerprint density at radius 3 is 2.54 bits per heavy atom. The van der Waals surface area contributed by atoms with Crippen molar-refractivity contribution in [1.82, 2.24) is 0 Å². The Bertz CT molecular complexity index is 750. The number of nitrogens with one attached hydrogen (secondary N) is 1. The van der Waals surface area contributed by atoms with E-state index in [1.807, 2.05) is 43.3 Å². The van der Waals surface area contributed by atoms with Crippen LogP contribution >= 0.6 is 23.2 Å². The molecule has 2 rings (SSSR count). The molecule has 0 aliphatic carbocycles. The van der Waals surface area contributed by atoms with Gasteiger partial charge < -0.3 is 14.8 Å². The summed E-state index contributed by atoms with van der Waals surface area (Å²) < 4.78 is 10.1. The standard InChI is InChI=1S/C20H23Cl2NO3/c1-3-14-11-18(22)16(15-7-4-5-8-17(15)21)12-19(14)23-13-20(24)26-10-6-9-25-2/h4-5,7-8,11-12,23H,3,6,9-10,13H2,1-2H3. The molecule has 0 amide bonds. The number of benzene rings is 2.